The summed E-state index contributed by atoms with van der Waals surface area (Å²) in [6.07, 6.45) is 0.820. The molecule has 0 aliphatic carbocycles. The molecule has 7 rings (SSSR count). The number of fused-ring (bicyclic) bond motifs is 1. The van der Waals surface area contributed by atoms with Crippen LogP contribution in [0.4, 0.5) is 14.6 Å². The maximum Gasteiger partial charge on any atom is 0.184 e. The third-order valence-corrected chi connectivity index (χ3v) is 9.84. The molecular weight excluding hydrogens is 663 g/mol. The molecule has 0 amide bonds. The van der Waals surface area contributed by atoms with E-state index >= 15 is 0 Å². The van der Waals surface area contributed by atoms with Crippen LogP contribution in [0.3, 0.4) is 0 Å². The molecule has 4 aromatic rings. The normalized spacial score (nSPS) is 26.6. The van der Waals surface area contributed by atoms with Crippen molar-refractivity contribution in [3.63, 3.8) is 0 Å². The van der Waals surface area contributed by atoms with E-state index in [1.54, 1.807) is 24.2 Å². The number of halogens is 4. The molecule has 0 N–H and O–H groups in total. The summed E-state index contributed by atoms with van der Waals surface area (Å²) in [5.74, 6) is -1.02. The molecule has 6 atom stereocenters. The maximum atomic E-state index is 14.4. The van der Waals surface area contributed by atoms with Crippen molar-refractivity contribution in [1.29, 1.82) is 0 Å². The fourth-order valence-corrected chi connectivity index (χ4v) is 7.56. The Morgan fingerprint density at radius 1 is 1.02 bits per heavy atom. The van der Waals surface area contributed by atoms with Gasteiger partial charge in [0.2, 0.25) is 0 Å². The molecule has 46 heavy (non-hydrogen) atoms. The SMILES string of the molecule is COC1C(n2cc(-c3cc(F)c(Cl)c(F)c3)nn2)[C@H]2OC(c3ccccc3)OCC2O[C@@H]1Sc1cc(Cl)cnc1N1CCOCC1. The second kappa shape index (κ2) is 13.7. The predicted molar refractivity (Wildman–Crippen MR) is 167 cm³/mol. The highest BCUT2D eigenvalue weighted by Crippen LogP contribution is 2.46. The molecule has 0 saturated carbocycles. The average molecular weight is 693 g/mol. The van der Waals surface area contributed by atoms with Crippen LogP contribution in [0.2, 0.25) is 10.0 Å². The summed E-state index contributed by atoms with van der Waals surface area (Å²) < 4.78 is 61.4. The van der Waals surface area contributed by atoms with Gasteiger partial charge in [0, 0.05) is 37.5 Å². The van der Waals surface area contributed by atoms with E-state index in [4.69, 9.17) is 46.9 Å². The minimum absolute atomic E-state index is 0.185. The van der Waals surface area contributed by atoms with Gasteiger partial charge in [-0.2, -0.15) is 0 Å². The van der Waals surface area contributed by atoms with E-state index in [9.17, 15) is 8.78 Å². The number of methoxy groups -OCH3 is 1. The van der Waals surface area contributed by atoms with Crippen molar-refractivity contribution in [1.82, 2.24) is 20.0 Å². The summed E-state index contributed by atoms with van der Waals surface area (Å²) in [5, 5.41) is 8.55. The molecular formula is C31H29Cl2F2N5O5S. The summed E-state index contributed by atoms with van der Waals surface area (Å²) in [4.78, 5) is 7.61. The van der Waals surface area contributed by atoms with Crippen LogP contribution in [0.5, 0.6) is 0 Å². The molecule has 242 valence electrons. The second-order valence-corrected chi connectivity index (χ2v) is 12.9. The lowest BCUT2D eigenvalue weighted by atomic mass is 9.95. The summed E-state index contributed by atoms with van der Waals surface area (Å²) >= 11 is 13.6. The van der Waals surface area contributed by atoms with Crippen molar-refractivity contribution >= 4 is 40.8 Å². The first kappa shape index (κ1) is 31.7. The largest absolute Gasteiger partial charge is 0.378 e. The van der Waals surface area contributed by atoms with Crippen molar-refractivity contribution < 1.29 is 32.5 Å². The Morgan fingerprint density at radius 3 is 2.52 bits per heavy atom. The third-order valence-electron chi connectivity index (χ3n) is 8.10. The van der Waals surface area contributed by atoms with Gasteiger partial charge in [0.05, 0.1) is 35.9 Å². The number of hydrogen-bond acceptors (Lipinski definition) is 10. The standard InChI is InChI=1S/C31H29Cl2F2N5O5S/c1-41-28-26(40-15-22(37-38-40)18-11-20(34)25(33)21(35)12-18)27-23(16-43-30(45-27)17-5-3-2-4-6-17)44-31(28)46-24-13-19(32)14-36-29(24)39-7-9-42-10-8-39/h2-6,11-15,23,26-28,30-31H,7-10,16H2,1H3/t23?,26?,27-,28?,30?,31+/m0/s1. The Morgan fingerprint density at radius 2 is 1.78 bits per heavy atom. The minimum atomic E-state index is -0.895. The molecule has 0 spiro atoms. The van der Waals surface area contributed by atoms with E-state index in [1.165, 1.54) is 11.8 Å². The van der Waals surface area contributed by atoms with Gasteiger partial charge in [-0.25, -0.2) is 18.4 Å². The Hall–Kier alpha value is -2.88. The molecule has 10 nitrogen and oxygen atoms in total. The van der Waals surface area contributed by atoms with E-state index in [2.05, 4.69) is 20.2 Å². The first-order valence-corrected chi connectivity index (χ1v) is 16.2. The quantitative estimate of drug-likeness (QED) is 0.217. The van der Waals surface area contributed by atoms with Crippen molar-refractivity contribution in [2.75, 3.05) is 44.9 Å². The number of rotatable bonds is 7. The van der Waals surface area contributed by atoms with Crippen LogP contribution in [-0.4, -0.2) is 83.7 Å². The van der Waals surface area contributed by atoms with Crippen LogP contribution in [0, 0.1) is 11.6 Å². The van der Waals surface area contributed by atoms with Gasteiger partial charge in [0.25, 0.3) is 0 Å². The van der Waals surface area contributed by atoms with Gasteiger partial charge < -0.3 is 28.6 Å². The molecule has 3 saturated heterocycles. The number of ether oxygens (including phenoxy) is 5. The van der Waals surface area contributed by atoms with Crippen LogP contribution in [0.25, 0.3) is 11.3 Å². The maximum absolute atomic E-state index is 14.4. The Kier molecular flexibility index (Phi) is 9.44. The Bertz CT molecular complexity index is 1660. The van der Waals surface area contributed by atoms with Crippen molar-refractivity contribution in [2.24, 2.45) is 0 Å². The topological polar surface area (TPSA) is 93.0 Å². The lowest BCUT2D eigenvalue weighted by Crippen LogP contribution is -2.59. The summed E-state index contributed by atoms with van der Waals surface area (Å²) in [6.45, 7) is 2.78. The molecule has 4 unspecified atom stereocenters. The van der Waals surface area contributed by atoms with E-state index < -0.39 is 52.7 Å². The molecule has 2 aromatic heterocycles. The molecule has 3 aliphatic rings. The number of thioether (sulfide) groups is 1. The minimum Gasteiger partial charge on any atom is -0.378 e. The number of morpholine rings is 1. The molecule has 2 aromatic carbocycles. The lowest BCUT2D eigenvalue weighted by molar-refractivity contribution is -0.308. The number of benzene rings is 2. The first-order valence-electron chi connectivity index (χ1n) is 14.6. The number of nitrogens with zero attached hydrogens (tertiary/aromatic N) is 5. The smallest absolute Gasteiger partial charge is 0.184 e. The van der Waals surface area contributed by atoms with Crippen LogP contribution in [0.15, 0.2) is 65.8 Å². The number of hydrogen-bond donors (Lipinski definition) is 0. The van der Waals surface area contributed by atoms with Crippen molar-refractivity contribution in [3.8, 4) is 11.3 Å². The van der Waals surface area contributed by atoms with Crippen molar-refractivity contribution in [3.05, 3.63) is 88.2 Å². The first-order chi connectivity index (χ1) is 22.4. The second-order valence-electron chi connectivity index (χ2n) is 10.9. The highest BCUT2D eigenvalue weighted by atomic mass is 35.5. The van der Waals surface area contributed by atoms with Crippen LogP contribution in [-0.2, 0) is 23.7 Å². The van der Waals surface area contributed by atoms with E-state index in [0.717, 1.165) is 28.4 Å². The van der Waals surface area contributed by atoms with Gasteiger partial charge >= 0.3 is 0 Å². The fraction of sp³-hybridized carbons (Fsp3) is 0.387. The zero-order valence-electron chi connectivity index (χ0n) is 24.5. The van der Waals surface area contributed by atoms with Gasteiger partial charge in [-0.15, -0.1) is 5.10 Å². The fourth-order valence-electron chi connectivity index (χ4n) is 5.89. The van der Waals surface area contributed by atoms with Gasteiger partial charge in [-0.1, -0.05) is 70.5 Å². The van der Waals surface area contributed by atoms with Crippen molar-refractivity contribution in [2.45, 2.75) is 41.0 Å². The molecule has 3 fully saturated rings. The van der Waals surface area contributed by atoms with Crippen LogP contribution >= 0.6 is 35.0 Å². The molecule has 15 heteroatoms. The third kappa shape index (κ3) is 6.35. The Balaban J connectivity index is 1.25. The average Bonchev–Trinajstić information content (AvgIpc) is 3.57. The molecule has 0 radical (unpaired) electrons. The van der Waals surface area contributed by atoms with E-state index in [0.29, 0.717) is 31.3 Å². The Labute approximate surface area is 277 Å². The highest BCUT2D eigenvalue weighted by molar-refractivity contribution is 8.00. The van der Waals surface area contributed by atoms with Gasteiger partial charge in [-0.3, -0.25) is 0 Å². The summed E-state index contributed by atoms with van der Waals surface area (Å²) in [7, 11) is 1.59. The number of pyridine rings is 1. The summed E-state index contributed by atoms with van der Waals surface area (Å²) in [6, 6.07) is 13.1. The number of anilines is 1. The zero-order chi connectivity index (χ0) is 31.8. The zero-order valence-corrected chi connectivity index (χ0v) is 26.8. The summed E-state index contributed by atoms with van der Waals surface area (Å²) in [5.41, 5.74) is 0.688. The predicted octanol–water partition coefficient (Wildman–Crippen LogP) is 5.95. The van der Waals surface area contributed by atoms with E-state index in [-0.39, 0.29) is 17.9 Å². The highest BCUT2D eigenvalue weighted by Gasteiger charge is 2.52. The molecule has 3 aliphatic heterocycles. The van der Waals surface area contributed by atoms with Gasteiger partial charge in [0.15, 0.2) is 6.29 Å². The van der Waals surface area contributed by atoms with Crippen LogP contribution in [0.1, 0.15) is 17.9 Å². The molecule has 5 heterocycles. The van der Waals surface area contributed by atoms with Gasteiger partial charge in [0.1, 0.15) is 58.0 Å². The van der Waals surface area contributed by atoms with Gasteiger partial charge in [-0.05, 0) is 18.2 Å². The van der Waals surface area contributed by atoms with Crippen LogP contribution < -0.4 is 4.90 Å². The monoisotopic (exact) mass is 691 g/mol. The number of aromatic nitrogens is 4. The molecule has 0 bridgehead atoms. The van der Waals surface area contributed by atoms with E-state index in [1.807, 2.05) is 36.4 Å². The lowest BCUT2D eigenvalue weighted by Gasteiger charge is -2.49.